The lowest BCUT2D eigenvalue weighted by molar-refractivity contribution is -0.0582. The molecule has 0 spiro atoms. The molecule has 0 aromatic carbocycles. The van der Waals surface area contributed by atoms with E-state index in [1.807, 2.05) is 0 Å². The smallest absolute Gasteiger partial charge is 0.0824 e. The van der Waals surface area contributed by atoms with Gasteiger partial charge in [0, 0.05) is 13.1 Å². The normalized spacial score (nSPS) is 38.6. The number of hydrogen-bond acceptors (Lipinski definition) is 3. The summed E-state index contributed by atoms with van der Waals surface area (Å²) in [5.41, 5.74) is 0. The highest BCUT2D eigenvalue weighted by Crippen LogP contribution is 2.40. The topological polar surface area (TPSA) is 30.5 Å². The van der Waals surface area contributed by atoms with Crippen LogP contribution >= 0.6 is 0 Å². The van der Waals surface area contributed by atoms with E-state index in [0.29, 0.717) is 18.3 Å². The number of hydrogen-bond donors (Lipinski definition) is 1. The first-order valence-corrected chi connectivity index (χ1v) is 5.89. The van der Waals surface area contributed by atoms with E-state index in [0.717, 1.165) is 25.6 Å². The van der Waals surface area contributed by atoms with Crippen molar-refractivity contribution in [2.75, 3.05) is 19.7 Å². The second-order valence-electron chi connectivity index (χ2n) is 4.82. The monoisotopic (exact) mass is 197 g/mol. The van der Waals surface area contributed by atoms with Gasteiger partial charge in [-0.3, -0.25) is 0 Å². The van der Waals surface area contributed by atoms with Gasteiger partial charge < -0.3 is 14.8 Å². The first-order valence-electron chi connectivity index (χ1n) is 5.89. The SMILES string of the molecule is C1NCC1OCC1CCC(C2CC2)O1. The minimum atomic E-state index is 0.390. The summed E-state index contributed by atoms with van der Waals surface area (Å²) in [6.07, 6.45) is 6.68. The van der Waals surface area contributed by atoms with Crippen molar-refractivity contribution in [3.63, 3.8) is 0 Å². The molecule has 2 atom stereocenters. The summed E-state index contributed by atoms with van der Waals surface area (Å²) in [7, 11) is 0. The third kappa shape index (κ3) is 1.95. The summed E-state index contributed by atoms with van der Waals surface area (Å²) in [5.74, 6) is 0.894. The Labute approximate surface area is 85.1 Å². The molecule has 0 aromatic rings. The zero-order chi connectivity index (χ0) is 9.38. The molecule has 2 aliphatic heterocycles. The van der Waals surface area contributed by atoms with Crippen LogP contribution in [-0.2, 0) is 9.47 Å². The zero-order valence-corrected chi connectivity index (χ0v) is 8.58. The fourth-order valence-electron chi connectivity index (χ4n) is 2.29. The maximum absolute atomic E-state index is 5.96. The summed E-state index contributed by atoms with van der Waals surface area (Å²) in [5, 5.41) is 3.21. The largest absolute Gasteiger partial charge is 0.373 e. The highest BCUT2D eigenvalue weighted by molar-refractivity contribution is 4.87. The summed E-state index contributed by atoms with van der Waals surface area (Å²) < 4.78 is 11.7. The third-order valence-electron chi connectivity index (χ3n) is 3.55. The molecule has 1 saturated carbocycles. The van der Waals surface area contributed by atoms with Crippen molar-refractivity contribution in [3.8, 4) is 0 Å². The van der Waals surface area contributed by atoms with E-state index in [4.69, 9.17) is 9.47 Å². The summed E-state index contributed by atoms with van der Waals surface area (Å²) in [4.78, 5) is 0. The Morgan fingerprint density at radius 3 is 2.64 bits per heavy atom. The van der Waals surface area contributed by atoms with Crippen LogP contribution < -0.4 is 5.32 Å². The van der Waals surface area contributed by atoms with Crippen molar-refractivity contribution >= 4 is 0 Å². The van der Waals surface area contributed by atoms with Crippen LogP contribution in [0.5, 0.6) is 0 Å². The van der Waals surface area contributed by atoms with Crippen LogP contribution in [0.1, 0.15) is 25.7 Å². The Kier molecular flexibility index (Phi) is 2.48. The number of rotatable bonds is 4. The molecular formula is C11H19NO2. The Bertz CT molecular complexity index is 201. The van der Waals surface area contributed by atoms with Gasteiger partial charge in [0.1, 0.15) is 0 Å². The molecule has 3 rings (SSSR count). The van der Waals surface area contributed by atoms with Gasteiger partial charge in [0.05, 0.1) is 24.9 Å². The first kappa shape index (κ1) is 9.13. The van der Waals surface area contributed by atoms with Crippen LogP contribution in [0.4, 0.5) is 0 Å². The second-order valence-corrected chi connectivity index (χ2v) is 4.82. The van der Waals surface area contributed by atoms with E-state index in [-0.39, 0.29) is 0 Å². The molecule has 1 aliphatic carbocycles. The van der Waals surface area contributed by atoms with Crippen molar-refractivity contribution in [1.29, 1.82) is 0 Å². The molecule has 3 aliphatic rings. The Balaban J connectivity index is 1.37. The van der Waals surface area contributed by atoms with Crippen LogP contribution in [0, 0.1) is 5.92 Å². The Morgan fingerprint density at radius 1 is 1.14 bits per heavy atom. The van der Waals surface area contributed by atoms with Gasteiger partial charge in [-0.1, -0.05) is 0 Å². The fourth-order valence-corrected chi connectivity index (χ4v) is 2.29. The van der Waals surface area contributed by atoms with Gasteiger partial charge in [-0.25, -0.2) is 0 Å². The predicted octanol–water partition coefficient (Wildman–Crippen LogP) is 0.932. The van der Waals surface area contributed by atoms with Crippen molar-refractivity contribution in [1.82, 2.24) is 5.32 Å². The molecule has 1 N–H and O–H groups in total. The van der Waals surface area contributed by atoms with E-state index in [1.54, 1.807) is 0 Å². The maximum Gasteiger partial charge on any atom is 0.0824 e. The zero-order valence-electron chi connectivity index (χ0n) is 8.58. The maximum atomic E-state index is 5.96. The van der Waals surface area contributed by atoms with Gasteiger partial charge in [-0.2, -0.15) is 0 Å². The van der Waals surface area contributed by atoms with Gasteiger partial charge in [-0.15, -0.1) is 0 Å². The average molecular weight is 197 g/mol. The molecule has 80 valence electrons. The average Bonchev–Trinajstić information content (AvgIpc) is 2.85. The highest BCUT2D eigenvalue weighted by Gasteiger charge is 2.37. The molecule has 3 heteroatoms. The highest BCUT2D eigenvalue weighted by atomic mass is 16.5. The third-order valence-corrected chi connectivity index (χ3v) is 3.55. The Morgan fingerprint density at radius 2 is 2.00 bits per heavy atom. The second kappa shape index (κ2) is 3.80. The standard InChI is InChI=1S/C11H19NO2/c1-2-8(1)11-4-3-9(14-11)7-13-10-5-12-6-10/h8-12H,1-7H2. The molecule has 2 saturated heterocycles. The van der Waals surface area contributed by atoms with Gasteiger partial charge in [0.25, 0.3) is 0 Å². The molecule has 3 fully saturated rings. The predicted molar refractivity (Wildman–Crippen MR) is 53.2 cm³/mol. The van der Waals surface area contributed by atoms with E-state index in [1.165, 1.54) is 25.7 Å². The van der Waals surface area contributed by atoms with Crippen molar-refractivity contribution in [2.24, 2.45) is 5.92 Å². The molecule has 0 radical (unpaired) electrons. The molecule has 2 heterocycles. The van der Waals surface area contributed by atoms with E-state index in [9.17, 15) is 0 Å². The van der Waals surface area contributed by atoms with E-state index in [2.05, 4.69) is 5.32 Å². The summed E-state index contributed by atoms with van der Waals surface area (Å²) in [6, 6.07) is 0. The fraction of sp³-hybridized carbons (Fsp3) is 1.00. The summed E-state index contributed by atoms with van der Waals surface area (Å²) >= 11 is 0. The lowest BCUT2D eigenvalue weighted by Gasteiger charge is -2.28. The first-order chi connectivity index (χ1) is 6.92. The van der Waals surface area contributed by atoms with Crippen molar-refractivity contribution in [3.05, 3.63) is 0 Å². The molecule has 3 nitrogen and oxygen atoms in total. The van der Waals surface area contributed by atoms with Crippen LogP contribution in [-0.4, -0.2) is 38.0 Å². The van der Waals surface area contributed by atoms with Gasteiger partial charge in [-0.05, 0) is 31.6 Å². The lowest BCUT2D eigenvalue weighted by Crippen LogP contribution is -2.49. The lowest BCUT2D eigenvalue weighted by atomic mass is 10.1. The molecule has 0 aromatic heterocycles. The molecule has 14 heavy (non-hydrogen) atoms. The molecular weight excluding hydrogens is 178 g/mol. The van der Waals surface area contributed by atoms with Crippen LogP contribution in [0.25, 0.3) is 0 Å². The van der Waals surface area contributed by atoms with Crippen LogP contribution in [0.15, 0.2) is 0 Å². The van der Waals surface area contributed by atoms with E-state index < -0.39 is 0 Å². The molecule has 2 unspecified atom stereocenters. The van der Waals surface area contributed by atoms with Crippen molar-refractivity contribution in [2.45, 2.75) is 44.0 Å². The number of ether oxygens (including phenoxy) is 2. The van der Waals surface area contributed by atoms with Gasteiger partial charge in [0.2, 0.25) is 0 Å². The molecule has 0 amide bonds. The summed E-state index contributed by atoms with van der Waals surface area (Å²) in [6.45, 7) is 2.87. The van der Waals surface area contributed by atoms with Gasteiger partial charge in [0.15, 0.2) is 0 Å². The Hall–Kier alpha value is -0.120. The van der Waals surface area contributed by atoms with Crippen LogP contribution in [0.2, 0.25) is 0 Å². The van der Waals surface area contributed by atoms with Gasteiger partial charge >= 0.3 is 0 Å². The van der Waals surface area contributed by atoms with Crippen LogP contribution in [0.3, 0.4) is 0 Å². The number of nitrogens with one attached hydrogen (secondary N) is 1. The minimum absolute atomic E-state index is 0.390. The quantitative estimate of drug-likeness (QED) is 0.727. The van der Waals surface area contributed by atoms with E-state index >= 15 is 0 Å². The molecule has 0 bridgehead atoms. The van der Waals surface area contributed by atoms with Crippen molar-refractivity contribution < 1.29 is 9.47 Å². The minimum Gasteiger partial charge on any atom is -0.373 e.